The number of hydrogen-bond donors (Lipinski definition) is 0. The van der Waals surface area contributed by atoms with Crippen molar-refractivity contribution in [3.63, 3.8) is 0 Å². The molecule has 0 saturated carbocycles. The van der Waals surface area contributed by atoms with Crippen LogP contribution in [0.25, 0.3) is 15.5 Å². The van der Waals surface area contributed by atoms with Gasteiger partial charge in [-0.05, 0) is 5.92 Å². The number of hydrogen-bond acceptors (Lipinski definition) is 4. The molecule has 0 saturated heterocycles. The first-order chi connectivity index (χ1) is 8.74. The second kappa shape index (κ2) is 4.49. The highest BCUT2D eigenvalue weighted by Crippen LogP contribution is 2.25. The quantitative estimate of drug-likeness (QED) is 0.725. The van der Waals surface area contributed by atoms with Crippen LogP contribution in [0.2, 0.25) is 0 Å². The predicted molar refractivity (Wildman–Crippen MR) is 72.6 cm³/mol. The molecule has 1 aromatic carbocycles. The molecule has 0 aliphatic rings. The van der Waals surface area contributed by atoms with E-state index in [1.807, 2.05) is 22.7 Å². The van der Waals surface area contributed by atoms with Crippen molar-refractivity contribution in [1.29, 1.82) is 0 Å². The van der Waals surface area contributed by atoms with Crippen LogP contribution in [-0.2, 0) is 6.42 Å². The molecule has 0 N–H and O–H groups in total. The van der Waals surface area contributed by atoms with E-state index < -0.39 is 0 Å². The van der Waals surface area contributed by atoms with Gasteiger partial charge < -0.3 is 0 Å². The van der Waals surface area contributed by atoms with Crippen LogP contribution in [0.15, 0.2) is 30.3 Å². The number of rotatable bonds is 3. The van der Waals surface area contributed by atoms with Crippen molar-refractivity contribution in [1.82, 2.24) is 19.8 Å². The van der Waals surface area contributed by atoms with Crippen molar-refractivity contribution < 1.29 is 0 Å². The Hall–Kier alpha value is -1.75. The maximum absolute atomic E-state index is 4.61. The SMILES string of the molecule is CC(C)Cc1nnc2sc(-c3ccccc3)nn12. The Labute approximate surface area is 109 Å². The van der Waals surface area contributed by atoms with Crippen molar-refractivity contribution in [3.8, 4) is 10.6 Å². The molecule has 5 heteroatoms. The maximum atomic E-state index is 4.61. The van der Waals surface area contributed by atoms with Gasteiger partial charge in [0, 0.05) is 12.0 Å². The molecule has 2 heterocycles. The van der Waals surface area contributed by atoms with Crippen LogP contribution < -0.4 is 0 Å². The summed E-state index contributed by atoms with van der Waals surface area (Å²) in [5, 5.41) is 14.0. The molecule has 3 rings (SSSR count). The van der Waals surface area contributed by atoms with Crippen LogP contribution >= 0.6 is 11.3 Å². The molecular formula is C13H14N4S. The molecule has 0 radical (unpaired) electrons. The van der Waals surface area contributed by atoms with Gasteiger partial charge >= 0.3 is 0 Å². The maximum Gasteiger partial charge on any atom is 0.234 e. The summed E-state index contributed by atoms with van der Waals surface area (Å²) >= 11 is 1.58. The van der Waals surface area contributed by atoms with Gasteiger partial charge in [-0.15, -0.1) is 10.2 Å². The number of aromatic nitrogens is 4. The molecule has 0 amide bonds. The van der Waals surface area contributed by atoms with E-state index in [0.29, 0.717) is 5.92 Å². The molecule has 0 atom stereocenters. The average molecular weight is 258 g/mol. The molecule has 0 aliphatic heterocycles. The van der Waals surface area contributed by atoms with E-state index in [1.165, 1.54) is 0 Å². The first-order valence-corrected chi connectivity index (χ1v) is 6.82. The van der Waals surface area contributed by atoms with Crippen LogP contribution in [-0.4, -0.2) is 19.8 Å². The van der Waals surface area contributed by atoms with Gasteiger partial charge in [-0.1, -0.05) is 55.5 Å². The standard InChI is InChI=1S/C13H14N4S/c1-9(2)8-11-14-15-13-17(11)16-12(18-13)10-6-4-3-5-7-10/h3-7,9H,8H2,1-2H3. The summed E-state index contributed by atoms with van der Waals surface area (Å²) in [5.74, 6) is 1.50. The second-order valence-electron chi connectivity index (χ2n) is 4.68. The fraction of sp³-hybridized carbons (Fsp3) is 0.308. The van der Waals surface area contributed by atoms with E-state index in [4.69, 9.17) is 0 Å². The molecule has 3 aromatic rings. The molecule has 4 nitrogen and oxygen atoms in total. The van der Waals surface area contributed by atoms with Crippen molar-refractivity contribution in [2.75, 3.05) is 0 Å². The van der Waals surface area contributed by atoms with E-state index in [9.17, 15) is 0 Å². The number of benzene rings is 1. The van der Waals surface area contributed by atoms with E-state index in [0.717, 1.165) is 27.8 Å². The Morgan fingerprint density at radius 1 is 1.17 bits per heavy atom. The number of fused-ring (bicyclic) bond motifs is 1. The number of nitrogens with zero attached hydrogens (tertiary/aromatic N) is 4. The fourth-order valence-electron chi connectivity index (χ4n) is 1.85. The normalized spacial score (nSPS) is 11.5. The molecule has 0 bridgehead atoms. The van der Waals surface area contributed by atoms with Gasteiger partial charge in [0.15, 0.2) is 5.82 Å². The summed E-state index contributed by atoms with van der Waals surface area (Å²) in [6.07, 6.45) is 0.902. The third-order valence-corrected chi connectivity index (χ3v) is 3.61. The average Bonchev–Trinajstić information content (AvgIpc) is 2.92. The zero-order valence-electron chi connectivity index (χ0n) is 10.4. The van der Waals surface area contributed by atoms with Gasteiger partial charge in [-0.2, -0.15) is 9.61 Å². The minimum Gasteiger partial charge on any atom is -0.187 e. The highest BCUT2D eigenvalue weighted by Gasteiger charge is 2.13. The summed E-state index contributed by atoms with van der Waals surface area (Å²) in [5.41, 5.74) is 1.13. The van der Waals surface area contributed by atoms with E-state index >= 15 is 0 Å². The van der Waals surface area contributed by atoms with Crippen LogP contribution in [0.1, 0.15) is 19.7 Å². The summed E-state index contributed by atoms with van der Waals surface area (Å²) in [6.45, 7) is 4.34. The molecule has 0 fully saturated rings. The van der Waals surface area contributed by atoms with E-state index in [1.54, 1.807) is 11.3 Å². The van der Waals surface area contributed by atoms with Crippen molar-refractivity contribution in [2.24, 2.45) is 5.92 Å². The third kappa shape index (κ3) is 2.01. The molecule has 18 heavy (non-hydrogen) atoms. The topological polar surface area (TPSA) is 43.1 Å². The summed E-state index contributed by atoms with van der Waals surface area (Å²) in [4.78, 5) is 0.865. The smallest absolute Gasteiger partial charge is 0.187 e. The van der Waals surface area contributed by atoms with Gasteiger partial charge in [0.2, 0.25) is 4.96 Å². The Morgan fingerprint density at radius 2 is 1.94 bits per heavy atom. The van der Waals surface area contributed by atoms with Gasteiger partial charge in [-0.25, -0.2) is 0 Å². The second-order valence-corrected chi connectivity index (χ2v) is 5.64. The molecule has 0 spiro atoms. The van der Waals surface area contributed by atoms with Gasteiger partial charge in [0.1, 0.15) is 5.01 Å². The Kier molecular flexibility index (Phi) is 2.83. The summed E-state index contributed by atoms with van der Waals surface area (Å²) in [6, 6.07) is 10.2. The van der Waals surface area contributed by atoms with Crippen molar-refractivity contribution >= 4 is 16.3 Å². The highest BCUT2D eigenvalue weighted by atomic mass is 32.1. The first kappa shape index (κ1) is 11.3. The lowest BCUT2D eigenvalue weighted by Gasteiger charge is -1.99. The summed E-state index contributed by atoms with van der Waals surface area (Å²) < 4.78 is 1.87. The lowest BCUT2D eigenvalue weighted by Crippen LogP contribution is -2.01. The minimum atomic E-state index is 0.555. The van der Waals surface area contributed by atoms with Crippen LogP contribution in [0.4, 0.5) is 0 Å². The Balaban J connectivity index is 2.04. The van der Waals surface area contributed by atoms with Gasteiger partial charge in [0.25, 0.3) is 0 Å². The molecule has 92 valence electrons. The lowest BCUT2D eigenvalue weighted by molar-refractivity contribution is 0.607. The molecule has 2 aromatic heterocycles. The largest absolute Gasteiger partial charge is 0.234 e. The Bertz CT molecular complexity index is 654. The fourth-order valence-corrected chi connectivity index (χ4v) is 2.71. The van der Waals surface area contributed by atoms with Gasteiger partial charge in [0.05, 0.1) is 0 Å². The predicted octanol–water partition coefficient (Wildman–Crippen LogP) is 3.05. The van der Waals surface area contributed by atoms with Crippen molar-refractivity contribution in [2.45, 2.75) is 20.3 Å². The summed E-state index contributed by atoms with van der Waals surface area (Å²) in [7, 11) is 0. The minimum absolute atomic E-state index is 0.555. The molecule has 0 unspecified atom stereocenters. The third-order valence-electron chi connectivity index (χ3n) is 2.67. The Morgan fingerprint density at radius 3 is 2.67 bits per heavy atom. The van der Waals surface area contributed by atoms with Crippen LogP contribution in [0, 0.1) is 5.92 Å². The zero-order valence-corrected chi connectivity index (χ0v) is 11.2. The van der Waals surface area contributed by atoms with Crippen molar-refractivity contribution in [3.05, 3.63) is 36.2 Å². The lowest BCUT2D eigenvalue weighted by atomic mass is 10.1. The highest BCUT2D eigenvalue weighted by molar-refractivity contribution is 7.19. The first-order valence-electron chi connectivity index (χ1n) is 6.00. The van der Waals surface area contributed by atoms with Crippen LogP contribution in [0.3, 0.4) is 0 Å². The molecular weight excluding hydrogens is 244 g/mol. The zero-order chi connectivity index (χ0) is 12.5. The van der Waals surface area contributed by atoms with Gasteiger partial charge in [-0.3, -0.25) is 0 Å². The van der Waals surface area contributed by atoms with Crippen LogP contribution in [0.5, 0.6) is 0 Å². The van der Waals surface area contributed by atoms with E-state index in [2.05, 4.69) is 41.3 Å². The molecule has 0 aliphatic carbocycles. The monoisotopic (exact) mass is 258 g/mol. The van der Waals surface area contributed by atoms with E-state index in [-0.39, 0.29) is 0 Å².